The number of aromatic amines is 1. The Morgan fingerprint density at radius 3 is 2.42 bits per heavy atom. The van der Waals surface area contributed by atoms with E-state index < -0.39 is 11.9 Å². The molecule has 0 aliphatic rings. The number of para-hydroxylation sites is 1. The number of carboxylic acid groups (broad SMARTS) is 1. The fraction of sp³-hybridized carbons (Fsp3) is 0.167. The molecule has 106 valence electrons. The zero-order valence-corrected chi connectivity index (χ0v) is 11.0. The number of fused-ring (bicyclic) bond motifs is 1. The van der Waals surface area contributed by atoms with Gasteiger partial charge in [0.1, 0.15) is 0 Å². The molecule has 2 aromatic rings. The minimum Gasteiger partial charge on any atom is -0.481 e. The number of aliphatic carboxylic acids is 1. The van der Waals surface area contributed by atoms with Gasteiger partial charge < -0.3 is 21.0 Å². The van der Waals surface area contributed by atoms with E-state index in [4.69, 9.17) is 5.11 Å². The summed E-state index contributed by atoms with van der Waals surface area (Å²) < 4.78 is 0. The van der Waals surface area contributed by atoms with Gasteiger partial charge in [0, 0.05) is 17.0 Å². The highest BCUT2D eigenvalue weighted by Gasteiger charge is 2.16. The first-order valence-electron chi connectivity index (χ1n) is 4.94. The Hall–Kier alpha value is -1.89. The van der Waals surface area contributed by atoms with Gasteiger partial charge in [-0.1, -0.05) is 18.2 Å². The van der Waals surface area contributed by atoms with Crippen molar-refractivity contribution in [1.29, 1.82) is 0 Å². The van der Waals surface area contributed by atoms with Crippen LogP contribution in [0.4, 0.5) is 0 Å². The molecule has 0 fully saturated rings. The van der Waals surface area contributed by atoms with Gasteiger partial charge in [-0.05, 0) is 18.6 Å². The molecular weight excluding hydrogens is 274 g/mol. The smallest absolute Gasteiger partial charge is 0.310 e. The Labute approximate surface area is 115 Å². The van der Waals surface area contributed by atoms with Crippen molar-refractivity contribution in [3.63, 3.8) is 0 Å². The molecule has 0 aliphatic heterocycles. The maximum absolute atomic E-state index is 11.4. The van der Waals surface area contributed by atoms with Crippen LogP contribution in [0, 0.1) is 0 Å². The van der Waals surface area contributed by atoms with Gasteiger partial charge in [0.05, 0.1) is 5.92 Å². The van der Waals surface area contributed by atoms with Gasteiger partial charge in [0.25, 0.3) is 0 Å². The Kier molecular flexibility index (Phi) is 7.70. The Bertz CT molecular complexity index is 610. The molecule has 6 N–H and O–H groups in total. The fourth-order valence-corrected chi connectivity index (χ4v) is 1.72. The number of pyridine rings is 1. The predicted molar refractivity (Wildman–Crippen MR) is 75.1 cm³/mol. The first kappa shape index (κ1) is 19.4. The lowest BCUT2D eigenvalue weighted by Crippen LogP contribution is -2.13. The van der Waals surface area contributed by atoms with E-state index >= 15 is 0 Å². The largest absolute Gasteiger partial charge is 0.481 e. The second-order valence-electron chi connectivity index (χ2n) is 3.69. The van der Waals surface area contributed by atoms with E-state index in [-0.39, 0.29) is 28.9 Å². The third-order valence-corrected chi connectivity index (χ3v) is 2.62. The SMILES string of the molecule is CC(C(=O)O)c1cc(=O)[nH]c2ccccc12.Cl.O.O. The Balaban J connectivity index is 0. The molecule has 7 heteroatoms. The van der Waals surface area contributed by atoms with Crippen LogP contribution in [0.5, 0.6) is 0 Å². The minimum atomic E-state index is -0.934. The van der Waals surface area contributed by atoms with Crippen molar-refractivity contribution in [2.75, 3.05) is 0 Å². The Morgan fingerprint density at radius 1 is 1.26 bits per heavy atom. The van der Waals surface area contributed by atoms with Gasteiger partial charge >= 0.3 is 5.97 Å². The molecule has 0 aliphatic carbocycles. The van der Waals surface area contributed by atoms with E-state index in [0.29, 0.717) is 11.1 Å². The van der Waals surface area contributed by atoms with E-state index in [1.807, 2.05) is 6.07 Å². The van der Waals surface area contributed by atoms with E-state index in [1.165, 1.54) is 6.07 Å². The summed E-state index contributed by atoms with van der Waals surface area (Å²) in [4.78, 5) is 25.0. The molecule has 0 spiro atoms. The maximum atomic E-state index is 11.4. The number of halogens is 1. The summed E-state index contributed by atoms with van der Waals surface area (Å²) >= 11 is 0. The van der Waals surface area contributed by atoms with Gasteiger partial charge in [-0.15, -0.1) is 12.4 Å². The second kappa shape index (κ2) is 7.52. The molecule has 6 nitrogen and oxygen atoms in total. The van der Waals surface area contributed by atoms with Crippen molar-refractivity contribution in [2.45, 2.75) is 12.8 Å². The highest BCUT2D eigenvalue weighted by molar-refractivity contribution is 5.88. The number of hydrogen-bond donors (Lipinski definition) is 2. The molecule has 1 aromatic heterocycles. The lowest BCUT2D eigenvalue weighted by Gasteiger charge is -2.09. The number of rotatable bonds is 2. The van der Waals surface area contributed by atoms with Crippen LogP contribution < -0.4 is 5.56 Å². The molecule has 1 aromatic carbocycles. The number of benzene rings is 1. The highest BCUT2D eigenvalue weighted by atomic mass is 35.5. The molecule has 2 rings (SSSR count). The summed E-state index contributed by atoms with van der Waals surface area (Å²) in [5.74, 6) is -1.62. The number of H-pyrrole nitrogens is 1. The summed E-state index contributed by atoms with van der Waals surface area (Å²) in [6.07, 6.45) is 0. The highest BCUT2D eigenvalue weighted by Crippen LogP contribution is 2.22. The summed E-state index contributed by atoms with van der Waals surface area (Å²) in [6, 6.07) is 8.53. The van der Waals surface area contributed by atoms with Crippen LogP contribution in [0.15, 0.2) is 35.1 Å². The van der Waals surface area contributed by atoms with Gasteiger partial charge in [-0.2, -0.15) is 0 Å². The van der Waals surface area contributed by atoms with E-state index in [2.05, 4.69) is 4.98 Å². The Morgan fingerprint density at radius 2 is 1.84 bits per heavy atom. The number of nitrogens with one attached hydrogen (secondary N) is 1. The second-order valence-corrected chi connectivity index (χ2v) is 3.69. The van der Waals surface area contributed by atoms with Crippen molar-refractivity contribution < 1.29 is 20.9 Å². The number of carboxylic acids is 1. The molecule has 19 heavy (non-hydrogen) atoms. The summed E-state index contributed by atoms with van der Waals surface area (Å²) in [5.41, 5.74) is 0.937. The van der Waals surface area contributed by atoms with E-state index in [0.717, 1.165) is 5.39 Å². The zero-order valence-electron chi connectivity index (χ0n) is 10.1. The van der Waals surface area contributed by atoms with Gasteiger partial charge in [-0.25, -0.2) is 0 Å². The molecule has 1 heterocycles. The molecule has 0 bridgehead atoms. The van der Waals surface area contributed by atoms with Gasteiger partial charge in [0.15, 0.2) is 0 Å². The van der Waals surface area contributed by atoms with E-state index in [9.17, 15) is 9.59 Å². The quantitative estimate of drug-likeness (QED) is 0.833. The van der Waals surface area contributed by atoms with Crippen LogP contribution in [0.2, 0.25) is 0 Å². The molecule has 1 atom stereocenters. The lowest BCUT2D eigenvalue weighted by molar-refractivity contribution is -0.138. The maximum Gasteiger partial charge on any atom is 0.310 e. The monoisotopic (exact) mass is 289 g/mol. The summed E-state index contributed by atoms with van der Waals surface area (Å²) in [5, 5.41) is 9.75. The normalized spacial score (nSPS) is 10.6. The summed E-state index contributed by atoms with van der Waals surface area (Å²) in [6.45, 7) is 1.57. The van der Waals surface area contributed by atoms with Crippen molar-refractivity contribution in [2.24, 2.45) is 0 Å². The van der Waals surface area contributed by atoms with Crippen molar-refractivity contribution in [3.8, 4) is 0 Å². The fourth-order valence-electron chi connectivity index (χ4n) is 1.72. The van der Waals surface area contributed by atoms with Crippen molar-refractivity contribution >= 4 is 29.3 Å². The van der Waals surface area contributed by atoms with Crippen LogP contribution >= 0.6 is 12.4 Å². The first-order valence-corrected chi connectivity index (χ1v) is 4.94. The summed E-state index contributed by atoms with van der Waals surface area (Å²) in [7, 11) is 0. The van der Waals surface area contributed by atoms with Gasteiger partial charge in [-0.3, -0.25) is 9.59 Å². The minimum absolute atomic E-state index is 0. The first-order chi connectivity index (χ1) is 7.59. The van der Waals surface area contributed by atoms with Crippen LogP contribution in [0.1, 0.15) is 18.4 Å². The standard InChI is InChI=1S/C12H11NO3.ClH.2H2O/c1-7(12(15)16)9-6-11(14)13-10-5-3-2-4-8(9)10;;;/h2-7H,1H3,(H,13,14)(H,15,16);1H;2*1H2. The van der Waals surface area contributed by atoms with Crippen molar-refractivity contribution in [3.05, 3.63) is 46.2 Å². The van der Waals surface area contributed by atoms with Crippen LogP contribution in [-0.2, 0) is 4.79 Å². The molecule has 1 unspecified atom stereocenters. The zero-order chi connectivity index (χ0) is 11.7. The van der Waals surface area contributed by atoms with Crippen molar-refractivity contribution in [1.82, 2.24) is 4.98 Å². The lowest BCUT2D eigenvalue weighted by atomic mass is 9.97. The average molecular weight is 290 g/mol. The van der Waals surface area contributed by atoms with Crippen LogP contribution in [0.3, 0.4) is 0 Å². The van der Waals surface area contributed by atoms with Gasteiger partial charge in [0.2, 0.25) is 5.56 Å². The number of hydrogen-bond acceptors (Lipinski definition) is 2. The number of aromatic nitrogens is 1. The van der Waals surface area contributed by atoms with Crippen LogP contribution in [0.25, 0.3) is 10.9 Å². The molecular formula is C12H16ClNO5. The third-order valence-electron chi connectivity index (χ3n) is 2.62. The van der Waals surface area contributed by atoms with Crippen LogP contribution in [-0.4, -0.2) is 27.0 Å². The molecule has 0 saturated heterocycles. The topological polar surface area (TPSA) is 133 Å². The number of carbonyl (C=O) groups is 1. The molecule has 0 saturated carbocycles. The average Bonchev–Trinajstić information content (AvgIpc) is 2.26. The predicted octanol–water partition coefficient (Wildman–Crippen LogP) is 0.489. The third kappa shape index (κ3) is 3.78. The molecule has 0 radical (unpaired) electrons. The van der Waals surface area contributed by atoms with E-state index in [1.54, 1.807) is 25.1 Å². The molecule has 0 amide bonds.